The van der Waals surface area contributed by atoms with Crippen LogP contribution in [0.4, 0.5) is 0 Å². The van der Waals surface area contributed by atoms with Gasteiger partial charge in [0.05, 0.1) is 6.54 Å². The van der Waals surface area contributed by atoms with E-state index in [1.165, 1.54) is 5.56 Å². The third kappa shape index (κ3) is 4.55. The topological polar surface area (TPSA) is 61.9 Å². The van der Waals surface area contributed by atoms with Crippen LogP contribution in [0.3, 0.4) is 0 Å². The lowest BCUT2D eigenvalue weighted by Gasteiger charge is -2.31. The SMILES string of the molecule is C=C1CCC(N2Cc3c(OCc4ccc(CN(CC)CC)cc4)cccc3C2=O)C(=O)N1. The molecule has 32 heavy (non-hydrogen) atoms. The summed E-state index contributed by atoms with van der Waals surface area (Å²) in [4.78, 5) is 29.4. The minimum atomic E-state index is -0.466. The molecule has 2 aromatic rings. The predicted octanol–water partition coefficient (Wildman–Crippen LogP) is 3.86. The van der Waals surface area contributed by atoms with Gasteiger partial charge in [-0.3, -0.25) is 14.5 Å². The van der Waals surface area contributed by atoms with Crippen LogP contribution >= 0.6 is 0 Å². The summed E-state index contributed by atoms with van der Waals surface area (Å²) < 4.78 is 6.12. The van der Waals surface area contributed by atoms with Gasteiger partial charge in [-0.2, -0.15) is 0 Å². The first-order valence-electron chi connectivity index (χ1n) is 11.3. The van der Waals surface area contributed by atoms with Gasteiger partial charge in [-0.25, -0.2) is 0 Å². The van der Waals surface area contributed by atoms with Crippen LogP contribution in [0.25, 0.3) is 0 Å². The van der Waals surface area contributed by atoms with Crippen LogP contribution < -0.4 is 10.1 Å². The Morgan fingerprint density at radius 2 is 1.81 bits per heavy atom. The van der Waals surface area contributed by atoms with Crippen molar-refractivity contribution >= 4 is 11.8 Å². The first-order chi connectivity index (χ1) is 15.5. The smallest absolute Gasteiger partial charge is 0.255 e. The second-order valence-electron chi connectivity index (χ2n) is 8.43. The van der Waals surface area contributed by atoms with Crippen molar-refractivity contribution in [2.75, 3.05) is 13.1 Å². The van der Waals surface area contributed by atoms with Crippen molar-refractivity contribution in [3.8, 4) is 5.75 Å². The number of amides is 2. The van der Waals surface area contributed by atoms with Crippen LogP contribution in [0.2, 0.25) is 0 Å². The van der Waals surface area contributed by atoms with Crippen LogP contribution in [0, 0.1) is 0 Å². The Morgan fingerprint density at radius 1 is 1.09 bits per heavy atom. The standard InChI is InChI=1S/C26H31N3O3/c1-4-28(5-2)15-19-10-12-20(13-11-19)17-32-24-8-6-7-21-22(24)16-29(26(21)31)23-14-9-18(3)27-25(23)30/h6-8,10-13,23H,3-5,9,14-17H2,1-2H3,(H,27,30). The summed E-state index contributed by atoms with van der Waals surface area (Å²) in [6.07, 6.45) is 1.28. The fourth-order valence-corrected chi connectivity index (χ4v) is 4.38. The van der Waals surface area contributed by atoms with Crippen LogP contribution in [-0.4, -0.2) is 40.7 Å². The van der Waals surface area contributed by atoms with Gasteiger partial charge >= 0.3 is 0 Å². The van der Waals surface area contributed by atoms with E-state index in [9.17, 15) is 9.59 Å². The minimum Gasteiger partial charge on any atom is -0.489 e. The third-order valence-corrected chi connectivity index (χ3v) is 6.37. The Bertz CT molecular complexity index is 1010. The number of piperidine rings is 1. The van der Waals surface area contributed by atoms with E-state index in [1.807, 2.05) is 18.2 Å². The summed E-state index contributed by atoms with van der Waals surface area (Å²) >= 11 is 0. The van der Waals surface area contributed by atoms with Crippen molar-refractivity contribution in [1.29, 1.82) is 0 Å². The molecule has 2 aromatic carbocycles. The molecular weight excluding hydrogens is 402 g/mol. The van der Waals surface area contributed by atoms with E-state index in [1.54, 1.807) is 4.90 Å². The molecule has 2 heterocycles. The number of nitrogens with zero attached hydrogens (tertiary/aromatic N) is 2. The van der Waals surface area contributed by atoms with Crippen molar-refractivity contribution in [1.82, 2.24) is 15.1 Å². The van der Waals surface area contributed by atoms with Crippen molar-refractivity contribution < 1.29 is 14.3 Å². The Hall–Kier alpha value is -3.12. The summed E-state index contributed by atoms with van der Waals surface area (Å²) in [5, 5.41) is 2.78. The molecule has 0 saturated carbocycles. The molecule has 0 radical (unpaired) electrons. The number of allylic oxidation sites excluding steroid dienone is 1. The van der Waals surface area contributed by atoms with Crippen molar-refractivity contribution in [2.24, 2.45) is 0 Å². The van der Waals surface area contributed by atoms with Gasteiger partial charge in [0.2, 0.25) is 5.91 Å². The summed E-state index contributed by atoms with van der Waals surface area (Å²) in [5.74, 6) is 0.430. The maximum atomic E-state index is 13.0. The monoisotopic (exact) mass is 433 g/mol. The highest BCUT2D eigenvalue weighted by Crippen LogP contribution is 2.34. The molecule has 4 rings (SSSR count). The van der Waals surface area contributed by atoms with E-state index in [2.05, 4.69) is 54.9 Å². The Labute approximate surface area is 189 Å². The molecule has 6 nitrogen and oxygen atoms in total. The zero-order valence-corrected chi connectivity index (χ0v) is 18.9. The number of carbonyl (C=O) groups excluding carboxylic acids is 2. The fraction of sp³-hybridized carbons (Fsp3) is 0.385. The summed E-state index contributed by atoms with van der Waals surface area (Å²) in [6.45, 7) is 12.0. The van der Waals surface area contributed by atoms with Crippen LogP contribution in [-0.2, 0) is 24.5 Å². The van der Waals surface area contributed by atoms with Gasteiger partial charge in [0.15, 0.2) is 0 Å². The quantitative estimate of drug-likeness (QED) is 0.687. The van der Waals surface area contributed by atoms with Crippen molar-refractivity contribution in [3.05, 3.63) is 77.0 Å². The molecule has 0 bridgehead atoms. The number of hydrogen-bond donors (Lipinski definition) is 1. The van der Waals surface area contributed by atoms with Gasteiger partial charge < -0.3 is 15.0 Å². The number of carbonyl (C=O) groups is 2. The van der Waals surface area contributed by atoms with E-state index in [0.29, 0.717) is 43.0 Å². The normalized spacial score (nSPS) is 18.2. The Morgan fingerprint density at radius 3 is 2.50 bits per heavy atom. The molecule has 2 aliphatic heterocycles. The lowest BCUT2D eigenvalue weighted by molar-refractivity contribution is -0.126. The highest BCUT2D eigenvalue weighted by atomic mass is 16.5. The molecule has 6 heteroatoms. The maximum absolute atomic E-state index is 13.0. The van der Waals surface area contributed by atoms with Crippen LogP contribution in [0.1, 0.15) is 53.7 Å². The Balaban J connectivity index is 1.43. The molecule has 1 fully saturated rings. The first kappa shape index (κ1) is 22.1. The molecule has 0 spiro atoms. The highest BCUT2D eigenvalue weighted by Gasteiger charge is 2.39. The van der Waals surface area contributed by atoms with E-state index < -0.39 is 6.04 Å². The molecule has 0 aromatic heterocycles. The number of ether oxygens (including phenoxy) is 1. The molecule has 0 aliphatic carbocycles. The molecule has 2 aliphatic rings. The number of rotatable bonds is 8. The van der Waals surface area contributed by atoms with Gasteiger partial charge in [0, 0.05) is 23.4 Å². The van der Waals surface area contributed by atoms with Gasteiger partial charge in [0.25, 0.3) is 5.91 Å². The van der Waals surface area contributed by atoms with Gasteiger partial charge in [0.1, 0.15) is 18.4 Å². The van der Waals surface area contributed by atoms with Crippen LogP contribution in [0.5, 0.6) is 5.75 Å². The second kappa shape index (κ2) is 9.57. The molecule has 168 valence electrons. The molecule has 1 unspecified atom stereocenters. The number of benzene rings is 2. The molecular formula is C26H31N3O3. The van der Waals surface area contributed by atoms with Crippen molar-refractivity contribution in [2.45, 2.75) is 52.4 Å². The number of hydrogen-bond acceptors (Lipinski definition) is 4. The van der Waals surface area contributed by atoms with Gasteiger partial charge in [-0.05, 0) is 49.2 Å². The number of nitrogens with one attached hydrogen (secondary N) is 1. The molecule has 1 saturated heterocycles. The molecule has 1 N–H and O–H groups in total. The van der Waals surface area contributed by atoms with Crippen molar-refractivity contribution in [3.63, 3.8) is 0 Å². The minimum absolute atomic E-state index is 0.112. The van der Waals surface area contributed by atoms with Gasteiger partial charge in [-0.15, -0.1) is 0 Å². The van der Waals surface area contributed by atoms with E-state index in [0.717, 1.165) is 30.8 Å². The summed E-state index contributed by atoms with van der Waals surface area (Å²) in [6, 6.07) is 13.6. The van der Waals surface area contributed by atoms with E-state index in [4.69, 9.17) is 4.74 Å². The number of fused-ring (bicyclic) bond motifs is 1. The fourth-order valence-electron chi connectivity index (χ4n) is 4.38. The lowest BCUT2D eigenvalue weighted by atomic mass is 10.0. The Kier molecular flexibility index (Phi) is 6.61. The van der Waals surface area contributed by atoms with Crippen LogP contribution in [0.15, 0.2) is 54.7 Å². The molecule has 2 amide bonds. The maximum Gasteiger partial charge on any atom is 0.255 e. The summed E-state index contributed by atoms with van der Waals surface area (Å²) in [7, 11) is 0. The molecule has 1 atom stereocenters. The largest absolute Gasteiger partial charge is 0.489 e. The van der Waals surface area contributed by atoms with E-state index >= 15 is 0 Å². The highest BCUT2D eigenvalue weighted by molar-refractivity contribution is 6.02. The zero-order valence-electron chi connectivity index (χ0n) is 18.9. The predicted molar refractivity (Wildman–Crippen MR) is 124 cm³/mol. The lowest BCUT2D eigenvalue weighted by Crippen LogP contribution is -2.49. The van der Waals surface area contributed by atoms with Gasteiger partial charge in [-0.1, -0.05) is 50.8 Å². The van der Waals surface area contributed by atoms with E-state index in [-0.39, 0.29) is 11.8 Å². The average molecular weight is 434 g/mol. The summed E-state index contributed by atoms with van der Waals surface area (Å²) in [5.41, 5.74) is 4.55. The third-order valence-electron chi connectivity index (χ3n) is 6.37. The zero-order chi connectivity index (χ0) is 22.7. The second-order valence-corrected chi connectivity index (χ2v) is 8.43. The first-order valence-corrected chi connectivity index (χ1v) is 11.3. The average Bonchev–Trinajstić information content (AvgIpc) is 3.13.